The molecule has 0 saturated heterocycles. The summed E-state index contributed by atoms with van der Waals surface area (Å²) in [6, 6.07) is 0. The summed E-state index contributed by atoms with van der Waals surface area (Å²) in [4.78, 5) is 0. The second-order valence-electron chi connectivity index (χ2n) is 5.88. The van der Waals surface area contributed by atoms with Crippen LogP contribution < -0.4 is 0 Å². The van der Waals surface area contributed by atoms with E-state index in [2.05, 4.69) is 61.5 Å². The highest BCUT2D eigenvalue weighted by Gasteiger charge is 2.17. The predicted molar refractivity (Wildman–Crippen MR) is 103 cm³/mol. The summed E-state index contributed by atoms with van der Waals surface area (Å²) in [5.74, 6) is 1.95. The first-order valence-electron chi connectivity index (χ1n) is 9.26. The van der Waals surface area contributed by atoms with Gasteiger partial charge in [0.25, 0.3) is 0 Å². The lowest BCUT2D eigenvalue weighted by atomic mass is 9.81. The molecule has 0 aliphatic rings. The van der Waals surface area contributed by atoms with E-state index in [9.17, 15) is 0 Å². The summed E-state index contributed by atoms with van der Waals surface area (Å²) in [6.45, 7) is 26.4. The minimum Gasteiger partial charge on any atom is -0.0782 e. The van der Waals surface area contributed by atoms with Gasteiger partial charge in [-0.05, 0) is 48.7 Å². The van der Waals surface area contributed by atoms with Crippen molar-refractivity contribution >= 4 is 0 Å². The van der Waals surface area contributed by atoms with Gasteiger partial charge >= 0.3 is 0 Å². The van der Waals surface area contributed by atoms with Crippen LogP contribution in [0.4, 0.5) is 0 Å². The molecular formula is C21H44. The summed E-state index contributed by atoms with van der Waals surface area (Å²) < 4.78 is 0. The van der Waals surface area contributed by atoms with Gasteiger partial charge in [0, 0.05) is 0 Å². The molecule has 0 nitrogen and oxygen atoms in total. The normalized spacial score (nSPS) is 13.9. The third-order valence-electron chi connectivity index (χ3n) is 3.53. The van der Waals surface area contributed by atoms with Crippen molar-refractivity contribution < 1.29 is 0 Å². The van der Waals surface area contributed by atoms with Crippen LogP contribution in [-0.2, 0) is 0 Å². The Morgan fingerprint density at radius 2 is 1.29 bits per heavy atom. The lowest BCUT2D eigenvalue weighted by Gasteiger charge is -2.24. The van der Waals surface area contributed by atoms with Gasteiger partial charge in [-0.1, -0.05) is 87.8 Å². The van der Waals surface area contributed by atoms with E-state index < -0.39 is 0 Å². The van der Waals surface area contributed by atoms with Crippen molar-refractivity contribution in [3.05, 3.63) is 22.8 Å². The van der Waals surface area contributed by atoms with Crippen molar-refractivity contribution in [2.45, 2.75) is 95.9 Å². The van der Waals surface area contributed by atoms with Crippen LogP contribution in [0.15, 0.2) is 22.8 Å². The third kappa shape index (κ3) is 10.8. The summed E-state index contributed by atoms with van der Waals surface area (Å²) in [7, 11) is 0. The Bertz CT molecular complexity index is 276. The molecule has 21 heavy (non-hydrogen) atoms. The maximum Gasteiger partial charge on any atom is -0.0193 e. The smallest absolute Gasteiger partial charge is 0.0193 e. The SMILES string of the molecule is CC.CC.CC/C(C)=C(\C(=C/C(C)C)C(C)CC)C(C)C. The molecule has 0 saturated carbocycles. The number of hydrogen-bond acceptors (Lipinski definition) is 0. The van der Waals surface area contributed by atoms with E-state index in [1.165, 1.54) is 12.8 Å². The van der Waals surface area contributed by atoms with Crippen molar-refractivity contribution in [3.8, 4) is 0 Å². The second-order valence-corrected chi connectivity index (χ2v) is 5.88. The predicted octanol–water partition coefficient (Wildman–Crippen LogP) is 8.05. The van der Waals surface area contributed by atoms with E-state index >= 15 is 0 Å². The average Bonchev–Trinajstić information content (AvgIpc) is 2.48. The van der Waals surface area contributed by atoms with Crippen LogP contribution in [-0.4, -0.2) is 0 Å². The fraction of sp³-hybridized carbons (Fsp3) is 0.810. The van der Waals surface area contributed by atoms with E-state index in [1.54, 1.807) is 16.7 Å². The molecule has 0 fully saturated rings. The summed E-state index contributed by atoms with van der Waals surface area (Å²) >= 11 is 0. The van der Waals surface area contributed by atoms with Gasteiger partial charge in [0.15, 0.2) is 0 Å². The van der Waals surface area contributed by atoms with E-state index in [0.29, 0.717) is 17.8 Å². The zero-order valence-electron chi connectivity index (χ0n) is 17.2. The molecule has 1 atom stereocenters. The first-order chi connectivity index (χ1) is 9.84. The van der Waals surface area contributed by atoms with E-state index in [-0.39, 0.29) is 0 Å². The molecule has 0 aromatic carbocycles. The molecule has 0 heteroatoms. The van der Waals surface area contributed by atoms with Crippen molar-refractivity contribution in [2.24, 2.45) is 17.8 Å². The molecule has 0 amide bonds. The fourth-order valence-corrected chi connectivity index (χ4v) is 2.36. The highest BCUT2D eigenvalue weighted by atomic mass is 14.2. The van der Waals surface area contributed by atoms with Crippen LogP contribution in [0.5, 0.6) is 0 Å². The molecule has 1 unspecified atom stereocenters. The first-order valence-corrected chi connectivity index (χ1v) is 9.26. The molecule has 0 radical (unpaired) electrons. The Morgan fingerprint density at radius 1 is 0.857 bits per heavy atom. The highest BCUT2D eigenvalue weighted by molar-refractivity contribution is 5.38. The Labute approximate surface area is 137 Å². The molecular weight excluding hydrogens is 252 g/mol. The zero-order valence-corrected chi connectivity index (χ0v) is 17.2. The first kappa shape index (κ1) is 25.4. The van der Waals surface area contributed by atoms with Gasteiger partial charge in [-0.15, -0.1) is 0 Å². The molecule has 0 rings (SSSR count). The van der Waals surface area contributed by atoms with Crippen LogP contribution in [0, 0.1) is 17.8 Å². The number of rotatable bonds is 6. The van der Waals surface area contributed by atoms with Gasteiger partial charge in [0.2, 0.25) is 0 Å². The standard InChI is InChI=1S/C17H32.2C2H6/c1-9-14(7)16(11-12(3)4)17(13(5)6)15(8)10-2;2*1-2/h11-14H,9-10H2,1-8H3;2*1-2H3/b16-11-,17-15-;;. The second kappa shape index (κ2) is 15.9. The minimum absolute atomic E-state index is 0.633. The molecule has 0 bridgehead atoms. The van der Waals surface area contributed by atoms with Gasteiger partial charge in [-0.3, -0.25) is 0 Å². The molecule has 0 spiro atoms. The third-order valence-corrected chi connectivity index (χ3v) is 3.53. The fourth-order valence-electron chi connectivity index (χ4n) is 2.36. The summed E-state index contributed by atoms with van der Waals surface area (Å²) in [5, 5.41) is 0. The van der Waals surface area contributed by atoms with E-state index in [1.807, 2.05) is 27.7 Å². The Morgan fingerprint density at radius 3 is 1.52 bits per heavy atom. The van der Waals surface area contributed by atoms with Crippen molar-refractivity contribution in [1.29, 1.82) is 0 Å². The Balaban J connectivity index is -0.000000739. The average molecular weight is 297 g/mol. The van der Waals surface area contributed by atoms with Gasteiger partial charge in [-0.25, -0.2) is 0 Å². The monoisotopic (exact) mass is 296 g/mol. The van der Waals surface area contributed by atoms with Crippen molar-refractivity contribution in [1.82, 2.24) is 0 Å². The molecule has 0 N–H and O–H groups in total. The maximum absolute atomic E-state index is 2.47. The quantitative estimate of drug-likeness (QED) is 0.435. The van der Waals surface area contributed by atoms with Crippen LogP contribution >= 0.6 is 0 Å². The van der Waals surface area contributed by atoms with Crippen LogP contribution in [0.1, 0.15) is 95.9 Å². The number of allylic oxidation sites excluding steroid dienone is 4. The van der Waals surface area contributed by atoms with Gasteiger partial charge in [0.05, 0.1) is 0 Å². The Kier molecular flexibility index (Phi) is 19.2. The zero-order chi connectivity index (χ0) is 17.6. The lowest BCUT2D eigenvalue weighted by Crippen LogP contribution is -2.09. The van der Waals surface area contributed by atoms with E-state index in [4.69, 9.17) is 0 Å². The van der Waals surface area contributed by atoms with Gasteiger partial charge < -0.3 is 0 Å². The van der Waals surface area contributed by atoms with Crippen LogP contribution in [0.25, 0.3) is 0 Å². The minimum atomic E-state index is 0.633. The Hall–Kier alpha value is -0.520. The summed E-state index contributed by atoms with van der Waals surface area (Å²) in [6.07, 6.45) is 4.87. The van der Waals surface area contributed by atoms with Gasteiger partial charge in [0.1, 0.15) is 0 Å². The topological polar surface area (TPSA) is 0 Å². The van der Waals surface area contributed by atoms with Crippen molar-refractivity contribution in [2.75, 3.05) is 0 Å². The summed E-state index contributed by atoms with van der Waals surface area (Å²) in [5.41, 5.74) is 4.76. The largest absolute Gasteiger partial charge is 0.0782 e. The van der Waals surface area contributed by atoms with Crippen molar-refractivity contribution in [3.63, 3.8) is 0 Å². The van der Waals surface area contributed by atoms with Crippen LogP contribution in [0.2, 0.25) is 0 Å². The molecule has 128 valence electrons. The lowest BCUT2D eigenvalue weighted by molar-refractivity contribution is 0.615. The molecule has 0 aliphatic carbocycles. The van der Waals surface area contributed by atoms with Crippen LogP contribution in [0.3, 0.4) is 0 Å². The maximum atomic E-state index is 2.47. The molecule has 0 aromatic rings. The molecule has 0 aromatic heterocycles. The molecule has 0 heterocycles. The number of hydrogen-bond donors (Lipinski definition) is 0. The highest BCUT2D eigenvalue weighted by Crippen LogP contribution is 2.32. The molecule has 0 aliphatic heterocycles. The van der Waals surface area contributed by atoms with E-state index in [0.717, 1.165) is 0 Å². The van der Waals surface area contributed by atoms with Gasteiger partial charge in [-0.2, -0.15) is 0 Å².